The molecule has 0 unspecified atom stereocenters. The van der Waals surface area contributed by atoms with Crippen LogP contribution in [-0.4, -0.2) is 23.8 Å². The summed E-state index contributed by atoms with van der Waals surface area (Å²) in [5.41, 5.74) is 6.31. The third kappa shape index (κ3) is 3.87. The van der Waals surface area contributed by atoms with Crippen molar-refractivity contribution in [3.05, 3.63) is 29.8 Å². The lowest BCUT2D eigenvalue weighted by Crippen LogP contribution is -2.13. The van der Waals surface area contributed by atoms with Gasteiger partial charge in [0, 0.05) is 28.2 Å². The minimum absolute atomic E-state index is 0.0983. The van der Waals surface area contributed by atoms with E-state index in [9.17, 15) is 4.79 Å². The Hall–Kier alpha value is -1.73. The molecule has 0 fully saturated rings. The second kappa shape index (κ2) is 6.44. The number of anilines is 2. The number of nitrogens with zero attached hydrogens (tertiary/aromatic N) is 1. The van der Waals surface area contributed by atoms with Gasteiger partial charge in [0.2, 0.25) is 5.91 Å². The topological polar surface area (TPSA) is 77.2 Å². The van der Waals surface area contributed by atoms with Crippen molar-refractivity contribution in [1.82, 2.24) is 4.98 Å². The number of rotatable bonds is 5. The lowest BCUT2D eigenvalue weighted by molar-refractivity contribution is -0.113. The van der Waals surface area contributed by atoms with Crippen LogP contribution in [0, 0.1) is 0 Å². The molecule has 1 aromatic carbocycles. The van der Waals surface area contributed by atoms with Crippen LogP contribution >= 0.6 is 23.1 Å². The highest BCUT2D eigenvalue weighted by Gasteiger charge is 2.08. The van der Waals surface area contributed by atoms with Gasteiger partial charge in [-0.2, -0.15) is 0 Å². The van der Waals surface area contributed by atoms with Crippen molar-refractivity contribution in [2.24, 2.45) is 0 Å². The number of thiazole rings is 1. The Morgan fingerprint density at radius 2 is 2.42 bits per heavy atom. The third-order valence-electron chi connectivity index (χ3n) is 2.23. The van der Waals surface area contributed by atoms with Crippen molar-refractivity contribution >= 4 is 39.8 Å². The van der Waals surface area contributed by atoms with Crippen molar-refractivity contribution in [2.45, 2.75) is 4.90 Å². The molecule has 0 aliphatic heterocycles. The maximum absolute atomic E-state index is 11.7. The number of thioether (sulfide) groups is 1. The summed E-state index contributed by atoms with van der Waals surface area (Å²) in [4.78, 5) is 16.6. The van der Waals surface area contributed by atoms with Gasteiger partial charge < -0.3 is 15.8 Å². The van der Waals surface area contributed by atoms with Gasteiger partial charge in [0.1, 0.15) is 5.75 Å². The second-order valence-electron chi connectivity index (χ2n) is 3.58. The van der Waals surface area contributed by atoms with Gasteiger partial charge in [0.25, 0.3) is 0 Å². The zero-order chi connectivity index (χ0) is 13.7. The summed E-state index contributed by atoms with van der Waals surface area (Å²) in [7, 11) is 1.58. The maximum atomic E-state index is 11.7. The van der Waals surface area contributed by atoms with Crippen molar-refractivity contribution in [2.75, 3.05) is 23.9 Å². The molecule has 0 aliphatic rings. The molecule has 0 radical (unpaired) electrons. The van der Waals surface area contributed by atoms with Crippen LogP contribution in [-0.2, 0) is 4.79 Å². The molecule has 1 heterocycles. The number of nitrogens with one attached hydrogen (secondary N) is 1. The first-order valence-corrected chi connectivity index (χ1v) is 7.31. The number of methoxy groups -OCH3 is 1. The summed E-state index contributed by atoms with van der Waals surface area (Å²) >= 11 is 2.78. The van der Waals surface area contributed by atoms with E-state index in [1.54, 1.807) is 25.4 Å². The SMILES string of the molecule is COc1cc(N)ccc1SCC(=O)Nc1nccs1. The molecule has 7 heteroatoms. The summed E-state index contributed by atoms with van der Waals surface area (Å²) in [6, 6.07) is 5.36. The Bertz CT molecular complexity index is 558. The van der Waals surface area contributed by atoms with Crippen LogP contribution < -0.4 is 15.8 Å². The Morgan fingerprint density at radius 1 is 1.58 bits per heavy atom. The first-order valence-electron chi connectivity index (χ1n) is 5.44. The molecule has 0 aliphatic carbocycles. The highest BCUT2D eigenvalue weighted by Crippen LogP contribution is 2.30. The monoisotopic (exact) mass is 295 g/mol. The Morgan fingerprint density at radius 3 is 3.11 bits per heavy atom. The normalized spacial score (nSPS) is 10.2. The molecule has 5 nitrogen and oxygen atoms in total. The van der Waals surface area contributed by atoms with E-state index in [1.807, 2.05) is 11.4 Å². The largest absolute Gasteiger partial charge is 0.496 e. The first kappa shape index (κ1) is 13.7. The quantitative estimate of drug-likeness (QED) is 0.654. The van der Waals surface area contributed by atoms with E-state index < -0.39 is 0 Å². The number of nitrogens with two attached hydrogens (primary N) is 1. The number of amides is 1. The fraction of sp³-hybridized carbons (Fsp3) is 0.167. The van der Waals surface area contributed by atoms with E-state index in [1.165, 1.54) is 23.1 Å². The first-order chi connectivity index (χ1) is 9.19. The van der Waals surface area contributed by atoms with Crippen molar-refractivity contribution < 1.29 is 9.53 Å². The molecule has 0 spiro atoms. The van der Waals surface area contributed by atoms with E-state index in [0.29, 0.717) is 22.3 Å². The van der Waals surface area contributed by atoms with Gasteiger partial charge in [0.15, 0.2) is 5.13 Å². The van der Waals surface area contributed by atoms with Gasteiger partial charge >= 0.3 is 0 Å². The highest BCUT2D eigenvalue weighted by atomic mass is 32.2. The van der Waals surface area contributed by atoms with Crippen LogP contribution in [0.25, 0.3) is 0 Å². The van der Waals surface area contributed by atoms with E-state index in [2.05, 4.69) is 10.3 Å². The molecule has 2 rings (SSSR count). The zero-order valence-electron chi connectivity index (χ0n) is 10.3. The molecule has 1 aromatic heterocycles. The van der Waals surface area contributed by atoms with Crippen molar-refractivity contribution in [3.63, 3.8) is 0 Å². The average Bonchev–Trinajstić information content (AvgIpc) is 2.90. The van der Waals surface area contributed by atoms with Crippen LogP contribution in [0.2, 0.25) is 0 Å². The van der Waals surface area contributed by atoms with Gasteiger partial charge in [-0.25, -0.2) is 4.98 Å². The summed E-state index contributed by atoms with van der Waals surface area (Å²) in [5, 5.41) is 5.14. The van der Waals surface area contributed by atoms with Crippen LogP contribution in [0.1, 0.15) is 0 Å². The highest BCUT2D eigenvalue weighted by molar-refractivity contribution is 8.00. The number of nitrogen functional groups attached to an aromatic ring is 1. The van der Waals surface area contributed by atoms with Crippen LogP contribution in [0.15, 0.2) is 34.7 Å². The van der Waals surface area contributed by atoms with Gasteiger partial charge in [-0.15, -0.1) is 23.1 Å². The molecule has 2 aromatic rings. The van der Waals surface area contributed by atoms with Gasteiger partial charge in [-0.05, 0) is 12.1 Å². The molecule has 0 saturated carbocycles. The Kier molecular flexibility index (Phi) is 4.64. The summed E-state index contributed by atoms with van der Waals surface area (Å²) < 4.78 is 5.22. The lowest BCUT2D eigenvalue weighted by Gasteiger charge is -2.08. The average molecular weight is 295 g/mol. The number of ether oxygens (including phenoxy) is 1. The summed E-state index contributed by atoms with van der Waals surface area (Å²) in [5.74, 6) is 0.866. The van der Waals surface area contributed by atoms with Crippen LogP contribution in [0.3, 0.4) is 0 Å². The van der Waals surface area contributed by atoms with E-state index >= 15 is 0 Å². The lowest BCUT2D eigenvalue weighted by atomic mass is 10.3. The van der Waals surface area contributed by atoms with Gasteiger partial charge in [-0.3, -0.25) is 4.79 Å². The number of carbonyl (C=O) groups is 1. The second-order valence-corrected chi connectivity index (χ2v) is 5.50. The number of carbonyl (C=O) groups excluding carboxylic acids is 1. The minimum Gasteiger partial charge on any atom is -0.496 e. The molecule has 19 heavy (non-hydrogen) atoms. The van der Waals surface area contributed by atoms with E-state index in [0.717, 1.165) is 4.90 Å². The Balaban J connectivity index is 1.93. The van der Waals surface area contributed by atoms with Crippen molar-refractivity contribution in [1.29, 1.82) is 0 Å². The minimum atomic E-state index is -0.0983. The fourth-order valence-electron chi connectivity index (χ4n) is 1.39. The molecule has 1 amide bonds. The molecule has 100 valence electrons. The van der Waals surface area contributed by atoms with Gasteiger partial charge in [-0.1, -0.05) is 0 Å². The number of aromatic nitrogens is 1. The van der Waals surface area contributed by atoms with Crippen molar-refractivity contribution in [3.8, 4) is 5.75 Å². The maximum Gasteiger partial charge on any atom is 0.236 e. The number of hydrogen-bond donors (Lipinski definition) is 2. The molecule has 0 bridgehead atoms. The number of benzene rings is 1. The predicted molar refractivity (Wildman–Crippen MR) is 78.9 cm³/mol. The van der Waals surface area contributed by atoms with E-state index in [-0.39, 0.29) is 5.91 Å². The zero-order valence-corrected chi connectivity index (χ0v) is 11.9. The van der Waals surface area contributed by atoms with Gasteiger partial charge in [0.05, 0.1) is 12.9 Å². The predicted octanol–water partition coefficient (Wildman–Crippen LogP) is 2.46. The molecular formula is C12H13N3O2S2. The molecular weight excluding hydrogens is 282 g/mol. The Labute approximate surface area is 119 Å². The van der Waals surface area contributed by atoms with E-state index in [4.69, 9.17) is 10.5 Å². The molecule has 3 N–H and O–H groups in total. The van der Waals surface area contributed by atoms with Crippen LogP contribution in [0.5, 0.6) is 5.75 Å². The smallest absolute Gasteiger partial charge is 0.236 e. The standard InChI is InChI=1S/C12H13N3O2S2/c1-17-9-6-8(13)2-3-10(9)19-7-11(16)15-12-14-4-5-18-12/h2-6H,7,13H2,1H3,(H,14,15,16). The fourth-order valence-corrected chi connectivity index (χ4v) is 2.74. The molecule has 0 saturated heterocycles. The van der Waals surface area contributed by atoms with Crippen LogP contribution in [0.4, 0.5) is 10.8 Å². The summed E-state index contributed by atoms with van der Waals surface area (Å²) in [6.07, 6.45) is 1.65. The number of hydrogen-bond acceptors (Lipinski definition) is 6. The summed E-state index contributed by atoms with van der Waals surface area (Å²) in [6.45, 7) is 0. The molecule has 0 atom stereocenters. The third-order valence-corrected chi connectivity index (χ3v) is 3.97.